The second kappa shape index (κ2) is 5.56. The number of hydrogen-bond donors (Lipinski definition) is 6. The van der Waals surface area contributed by atoms with Crippen LogP contribution in [0.25, 0.3) is 0 Å². The van der Waals surface area contributed by atoms with Gasteiger partial charge in [-0.3, -0.25) is 0 Å². The van der Waals surface area contributed by atoms with Gasteiger partial charge < -0.3 is 30.6 Å². The maximum atomic E-state index is 10.8. The Kier molecular flexibility index (Phi) is 4.61. The summed E-state index contributed by atoms with van der Waals surface area (Å²) in [5.74, 6) is -2.39. The first-order chi connectivity index (χ1) is 7.88. The van der Waals surface area contributed by atoms with E-state index in [1.807, 2.05) is 0 Å². The lowest BCUT2D eigenvalue weighted by Gasteiger charge is -2.34. The van der Waals surface area contributed by atoms with Gasteiger partial charge in [0.1, 0.15) is 6.10 Å². The first-order valence-corrected chi connectivity index (χ1v) is 5.15. The number of hydrogen-bond acceptors (Lipinski definition) is 6. The van der Waals surface area contributed by atoms with Gasteiger partial charge in [0.15, 0.2) is 0 Å². The summed E-state index contributed by atoms with van der Waals surface area (Å²) in [5.41, 5.74) is -0.142. The fraction of sp³-hybridized carbons (Fsp3) is 0.700. The molecule has 0 aromatic carbocycles. The zero-order valence-electron chi connectivity index (χ0n) is 8.97. The number of carboxylic acid groups (broad SMARTS) is 1. The summed E-state index contributed by atoms with van der Waals surface area (Å²) in [5, 5.41) is 55.4. The van der Waals surface area contributed by atoms with Crippen molar-refractivity contribution in [3.05, 3.63) is 11.6 Å². The van der Waals surface area contributed by atoms with E-state index in [0.29, 0.717) is 0 Å². The van der Waals surface area contributed by atoms with E-state index in [1.54, 1.807) is 0 Å². The Bertz CT molecular complexity index is 314. The number of carbonyl (C=O) groups is 1. The second-order valence-electron chi connectivity index (χ2n) is 4.08. The van der Waals surface area contributed by atoms with Crippen molar-refractivity contribution in [2.45, 2.75) is 30.8 Å². The van der Waals surface area contributed by atoms with Crippen LogP contribution in [0.4, 0.5) is 0 Å². The van der Waals surface area contributed by atoms with Crippen LogP contribution in [0, 0.1) is 5.92 Å². The summed E-state index contributed by atoms with van der Waals surface area (Å²) in [6.45, 7) is -0.725. The predicted molar refractivity (Wildman–Crippen MR) is 54.9 cm³/mol. The van der Waals surface area contributed by atoms with Gasteiger partial charge in [-0.15, -0.1) is 0 Å². The monoisotopic (exact) mass is 248 g/mol. The van der Waals surface area contributed by atoms with Crippen LogP contribution in [-0.2, 0) is 4.79 Å². The number of aliphatic hydroxyl groups is 5. The van der Waals surface area contributed by atoms with Crippen LogP contribution in [0.3, 0.4) is 0 Å². The third kappa shape index (κ3) is 3.02. The smallest absolute Gasteiger partial charge is 0.331 e. The molecule has 1 aliphatic carbocycles. The molecule has 0 aromatic heterocycles. The van der Waals surface area contributed by atoms with Crippen LogP contribution in [0.5, 0.6) is 0 Å². The van der Waals surface area contributed by atoms with E-state index < -0.39 is 42.9 Å². The molecule has 0 aromatic rings. The summed E-state index contributed by atoms with van der Waals surface area (Å²) in [6, 6.07) is 0. The predicted octanol–water partition coefficient (Wildman–Crippen LogP) is -2.55. The molecule has 0 spiro atoms. The molecule has 0 aliphatic heterocycles. The summed E-state index contributed by atoms with van der Waals surface area (Å²) < 4.78 is 0. The minimum atomic E-state index is -1.54. The highest BCUT2D eigenvalue weighted by Crippen LogP contribution is 2.27. The largest absolute Gasteiger partial charge is 0.478 e. The summed E-state index contributed by atoms with van der Waals surface area (Å²) in [4.78, 5) is 10.8. The Morgan fingerprint density at radius 1 is 1.41 bits per heavy atom. The molecule has 6 N–H and O–H groups in total. The lowest BCUT2D eigenvalue weighted by Crippen LogP contribution is -2.47. The number of aliphatic carboxylic acids is 1. The average Bonchev–Trinajstić information content (AvgIpc) is 2.30. The topological polar surface area (TPSA) is 138 Å². The van der Waals surface area contributed by atoms with Gasteiger partial charge in [0.05, 0.1) is 24.9 Å². The normalized spacial score (nSPS) is 32.8. The lowest BCUT2D eigenvalue weighted by molar-refractivity contribution is -0.134. The lowest BCUT2D eigenvalue weighted by atomic mass is 9.81. The van der Waals surface area contributed by atoms with Crippen LogP contribution in [-0.4, -0.2) is 67.6 Å². The van der Waals surface area contributed by atoms with Gasteiger partial charge in [0.25, 0.3) is 0 Å². The first kappa shape index (κ1) is 14.1. The standard InChI is InChI=1S/C10H16O7/c11-3-7(13)9(15)5-1-4(10(16)17)2-6(12)8(5)14/h1,5-9,11-15H,2-3H2,(H,16,17). The molecule has 0 saturated carbocycles. The van der Waals surface area contributed by atoms with Gasteiger partial charge in [-0.25, -0.2) is 4.79 Å². The third-order valence-corrected chi connectivity index (χ3v) is 2.86. The van der Waals surface area contributed by atoms with Crippen molar-refractivity contribution in [3.8, 4) is 0 Å². The minimum absolute atomic E-state index is 0.142. The van der Waals surface area contributed by atoms with E-state index >= 15 is 0 Å². The first-order valence-electron chi connectivity index (χ1n) is 5.15. The molecule has 1 rings (SSSR count). The fourth-order valence-electron chi connectivity index (χ4n) is 1.83. The van der Waals surface area contributed by atoms with Gasteiger partial charge in [0, 0.05) is 17.9 Å². The molecule has 7 heteroatoms. The Morgan fingerprint density at radius 2 is 2.00 bits per heavy atom. The van der Waals surface area contributed by atoms with Crippen LogP contribution in [0.15, 0.2) is 11.6 Å². The summed E-state index contributed by atoms with van der Waals surface area (Å²) in [6.07, 6.45) is -4.88. The molecule has 0 saturated heterocycles. The van der Waals surface area contributed by atoms with Gasteiger partial charge in [-0.2, -0.15) is 0 Å². The maximum absolute atomic E-state index is 10.8. The van der Waals surface area contributed by atoms with Gasteiger partial charge >= 0.3 is 5.97 Å². The van der Waals surface area contributed by atoms with Gasteiger partial charge in [-0.05, 0) is 0 Å². The zero-order valence-corrected chi connectivity index (χ0v) is 8.97. The molecule has 7 nitrogen and oxygen atoms in total. The van der Waals surface area contributed by atoms with Crippen molar-refractivity contribution < 1.29 is 35.4 Å². The third-order valence-electron chi connectivity index (χ3n) is 2.86. The van der Waals surface area contributed by atoms with E-state index in [-0.39, 0.29) is 12.0 Å². The van der Waals surface area contributed by atoms with Gasteiger partial charge in [-0.1, -0.05) is 6.08 Å². The van der Waals surface area contributed by atoms with Crippen molar-refractivity contribution in [1.29, 1.82) is 0 Å². The fourth-order valence-corrected chi connectivity index (χ4v) is 1.83. The minimum Gasteiger partial charge on any atom is -0.478 e. The van der Waals surface area contributed by atoms with E-state index in [2.05, 4.69) is 0 Å². The van der Waals surface area contributed by atoms with E-state index in [0.717, 1.165) is 6.08 Å². The van der Waals surface area contributed by atoms with Crippen molar-refractivity contribution in [2.75, 3.05) is 6.61 Å². The molecule has 0 fully saturated rings. The molecule has 17 heavy (non-hydrogen) atoms. The number of carboxylic acids is 1. The number of rotatable bonds is 4. The van der Waals surface area contributed by atoms with Crippen LogP contribution in [0.1, 0.15) is 6.42 Å². The van der Waals surface area contributed by atoms with Crippen LogP contribution >= 0.6 is 0 Å². The van der Waals surface area contributed by atoms with Crippen LogP contribution in [0.2, 0.25) is 0 Å². The quantitative estimate of drug-likeness (QED) is 0.322. The Morgan fingerprint density at radius 3 is 2.47 bits per heavy atom. The SMILES string of the molecule is O=C(O)C1=CC(C(O)C(O)CO)C(O)C(O)C1. The highest BCUT2D eigenvalue weighted by Gasteiger charge is 2.38. The number of aliphatic hydroxyl groups excluding tert-OH is 5. The molecule has 0 radical (unpaired) electrons. The highest BCUT2D eigenvalue weighted by atomic mass is 16.4. The molecule has 0 heterocycles. The summed E-state index contributed by atoms with van der Waals surface area (Å²) >= 11 is 0. The van der Waals surface area contributed by atoms with Crippen LogP contribution < -0.4 is 0 Å². The van der Waals surface area contributed by atoms with E-state index in [9.17, 15) is 25.2 Å². The van der Waals surface area contributed by atoms with Crippen molar-refractivity contribution >= 4 is 5.97 Å². The average molecular weight is 248 g/mol. The zero-order chi connectivity index (χ0) is 13.2. The Hall–Kier alpha value is -0.990. The van der Waals surface area contributed by atoms with Crippen molar-refractivity contribution in [1.82, 2.24) is 0 Å². The van der Waals surface area contributed by atoms with Crippen molar-refractivity contribution in [3.63, 3.8) is 0 Å². The Labute approximate surface area is 97.3 Å². The second-order valence-corrected chi connectivity index (χ2v) is 4.08. The molecule has 0 amide bonds. The molecule has 5 unspecified atom stereocenters. The highest BCUT2D eigenvalue weighted by molar-refractivity contribution is 5.87. The van der Waals surface area contributed by atoms with Gasteiger partial charge in [0.2, 0.25) is 0 Å². The molecular weight excluding hydrogens is 232 g/mol. The molecule has 1 aliphatic rings. The van der Waals surface area contributed by atoms with E-state index in [1.165, 1.54) is 0 Å². The maximum Gasteiger partial charge on any atom is 0.331 e. The molecule has 5 atom stereocenters. The van der Waals surface area contributed by atoms with E-state index in [4.69, 9.17) is 10.2 Å². The molecule has 98 valence electrons. The molecular formula is C10H16O7. The Balaban J connectivity index is 2.94. The molecule has 0 bridgehead atoms. The van der Waals surface area contributed by atoms with Crippen molar-refractivity contribution in [2.24, 2.45) is 5.92 Å². The summed E-state index contributed by atoms with van der Waals surface area (Å²) in [7, 11) is 0.